The summed E-state index contributed by atoms with van der Waals surface area (Å²) >= 11 is 0. The van der Waals surface area contributed by atoms with Gasteiger partial charge in [0.2, 0.25) is 0 Å². The lowest BCUT2D eigenvalue weighted by atomic mass is 9.44. The van der Waals surface area contributed by atoms with Crippen LogP contribution in [-0.2, 0) is 9.53 Å². The van der Waals surface area contributed by atoms with Gasteiger partial charge in [0.05, 0.1) is 13.2 Å². The van der Waals surface area contributed by atoms with Gasteiger partial charge in [0.25, 0.3) is 0 Å². The molecule has 0 unspecified atom stereocenters. The molecule has 176 valence electrons. The quantitative estimate of drug-likeness (QED) is 0.398. The number of aliphatic hydroxyl groups is 1. The van der Waals surface area contributed by atoms with Crippen LogP contribution in [0.25, 0.3) is 0 Å². The zero-order valence-electron chi connectivity index (χ0n) is 20.7. The van der Waals surface area contributed by atoms with Crippen molar-refractivity contribution in [3.05, 3.63) is 11.6 Å². The Labute approximate surface area is 190 Å². The summed E-state index contributed by atoms with van der Waals surface area (Å²) in [5.41, 5.74) is 1.72. The monoisotopic (exact) mass is 430 g/mol. The van der Waals surface area contributed by atoms with Crippen LogP contribution in [0.4, 0.5) is 0 Å². The minimum absolute atomic E-state index is 0.0444. The van der Waals surface area contributed by atoms with Crippen molar-refractivity contribution < 1.29 is 14.6 Å². The van der Waals surface area contributed by atoms with Gasteiger partial charge in [-0.2, -0.15) is 0 Å². The van der Waals surface area contributed by atoms with Crippen LogP contribution in [0.5, 0.6) is 0 Å². The number of methoxy groups -OCH3 is 1. The van der Waals surface area contributed by atoms with Crippen molar-refractivity contribution >= 4 is 5.97 Å². The number of carbonyl (C=O) groups excluding carboxylic acids is 1. The molecule has 3 nitrogen and oxygen atoms in total. The van der Waals surface area contributed by atoms with E-state index in [2.05, 4.69) is 26.8 Å². The summed E-state index contributed by atoms with van der Waals surface area (Å²) in [4.78, 5) is 11.7. The highest BCUT2D eigenvalue weighted by atomic mass is 16.5. The molecule has 0 saturated heterocycles. The number of aliphatic hydroxyl groups excluding tert-OH is 1. The minimum Gasteiger partial charge on any atom is -0.466 e. The maximum Gasteiger partial charge on any atom is 0.333 e. The summed E-state index contributed by atoms with van der Waals surface area (Å²) in [6.07, 6.45) is 15.9. The highest BCUT2D eigenvalue weighted by Gasteiger charge is 2.60. The minimum atomic E-state index is -0.196. The van der Waals surface area contributed by atoms with Crippen LogP contribution in [-0.4, -0.2) is 24.3 Å². The normalized spacial score (nSPS) is 45.9. The largest absolute Gasteiger partial charge is 0.466 e. The van der Waals surface area contributed by atoms with Crippen molar-refractivity contribution in [1.82, 2.24) is 0 Å². The molecule has 0 aromatic rings. The smallest absolute Gasteiger partial charge is 0.333 e. The lowest BCUT2D eigenvalue weighted by molar-refractivity contribution is -0.136. The Morgan fingerprint density at radius 2 is 1.77 bits per heavy atom. The molecule has 4 aliphatic carbocycles. The van der Waals surface area contributed by atoms with Gasteiger partial charge in [-0.05, 0) is 124 Å². The average Bonchev–Trinajstić information content (AvgIpc) is 3.10. The summed E-state index contributed by atoms with van der Waals surface area (Å²) in [5.74, 6) is 4.79. The molecule has 31 heavy (non-hydrogen) atoms. The summed E-state index contributed by atoms with van der Waals surface area (Å²) in [5, 5.41) is 10.3. The van der Waals surface area contributed by atoms with Crippen molar-refractivity contribution in [3.8, 4) is 0 Å². The van der Waals surface area contributed by atoms with Crippen LogP contribution in [0.2, 0.25) is 0 Å². The van der Waals surface area contributed by atoms with Crippen LogP contribution < -0.4 is 0 Å². The number of hydrogen-bond donors (Lipinski definition) is 1. The van der Waals surface area contributed by atoms with Crippen molar-refractivity contribution in [2.45, 2.75) is 104 Å². The second-order valence-corrected chi connectivity index (χ2v) is 12.2. The average molecular weight is 431 g/mol. The Morgan fingerprint density at radius 1 is 1.06 bits per heavy atom. The maximum atomic E-state index is 11.7. The zero-order chi connectivity index (χ0) is 22.4. The Bertz CT molecular complexity index is 698. The lowest BCUT2D eigenvalue weighted by Gasteiger charge is -2.61. The summed E-state index contributed by atoms with van der Waals surface area (Å²) in [7, 11) is 1.46. The fourth-order valence-corrected chi connectivity index (χ4v) is 9.22. The molecule has 9 atom stereocenters. The number of rotatable bonds is 5. The molecule has 3 heteroatoms. The third kappa shape index (κ3) is 4.02. The number of carbonyl (C=O) groups is 1. The van der Waals surface area contributed by atoms with Gasteiger partial charge in [-0.1, -0.05) is 26.8 Å². The van der Waals surface area contributed by atoms with Gasteiger partial charge in [-0.25, -0.2) is 4.79 Å². The molecule has 4 aliphatic rings. The van der Waals surface area contributed by atoms with Crippen LogP contribution in [0.1, 0.15) is 98.3 Å². The summed E-state index contributed by atoms with van der Waals surface area (Å²) < 4.78 is 4.84. The van der Waals surface area contributed by atoms with E-state index in [0.717, 1.165) is 54.4 Å². The molecule has 0 heterocycles. The van der Waals surface area contributed by atoms with Crippen molar-refractivity contribution in [3.63, 3.8) is 0 Å². The molecule has 4 fully saturated rings. The highest BCUT2D eigenvalue weighted by Crippen LogP contribution is 2.68. The Balaban J connectivity index is 1.43. The van der Waals surface area contributed by atoms with Crippen LogP contribution in [0.3, 0.4) is 0 Å². The second-order valence-electron chi connectivity index (χ2n) is 12.2. The van der Waals surface area contributed by atoms with E-state index >= 15 is 0 Å². The molecule has 4 rings (SSSR count). The molecular weight excluding hydrogens is 384 g/mol. The lowest BCUT2D eigenvalue weighted by Crippen LogP contribution is -2.54. The van der Waals surface area contributed by atoms with Crippen molar-refractivity contribution in [2.75, 3.05) is 7.11 Å². The second kappa shape index (κ2) is 8.84. The van der Waals surface area contributed by atoms with E-state index < -0.39 is 0 Å². The molecule has 0 amide bonds. The first kappa shape index (κ1) is 23.3. The zero-order valence-corrected chi connectivity index (χ0v) is 20.7. The van der Waals surface area contributed by atoms with E-state index in [1.54, 1.807) is 0 Å². The third-order valence-electron chi connectivity index (χ3n) is 11.0. The molecular formula is C28H46O3. The van der Waals surface area contributed by atoms with E-state index in [-0.39, 0.29) is 12.1 Å². The molecule has 0 aliphatic heterocycles. The van der Waals surface area contributed by atoms with Crippen LogP contribution >= 0.6 is 0 Å². The van der Waals surface area contributed by atoms with Crippen LogP contribution in [0, 0.1) is 46.3 Å². The fourth-order valence-electron chi connectivity index (χ4n) is 9.22. The van der Waals surface area contributed by atoms with Gasteiger partial charge in [0.15, 0.2) is 0 Å². The van der Waals surface area contributed by atoms with Gasteiger partial charge in [0.1, 0.15) is 0 Å². The summed E-state index contributed by atoms with van der Waals surface area (Å²) in [6.45, 7) is 9.56. The highest BCUT2D eigenvalue weighted by molar-refractivity contribution is 5.87. The number of hydrogen-bond acceptors (Lipinski definition) is 3. The predicted molar refractivity (Wildman–Crippen MR) is 125 cm³/mol. The predicted octanol–water partition coefficient (Wildman–Crippen LogP) is 6.54. The molecule has 0 aromatic heterocycles. The fraction of sp³-hybridized carbons (Fsp3) is 0.893. The van der Waals surface area contributed by atoms with Crippen molar-refractivity contribution in [1.29, 1.82) is 0 Å². The van der Waals surface area contributed by atoms with Crippen molar-refractivity contribution in [2.24, 2.45) is 46.3 Å². The van der Waals surface area contributed by atoms with E-state index in [0.29, 0.717) is 16.7 Å². The van der Waals surface area contributed by atoms with Gasteiger partial charge < -0.3 is 9.84 Å². The molecule has 4 saturated carbocycles. The molecule has 0 spiro atoms. The van der Waals surface area contributed by atoms with E-state index in [1.807, 2.05) is 6.92 Å². The van der Waals surface area contributed by atoms with Gasteiger partial charge in [-0.15, -0.1) is 0 Å². The number of esters is 1. The number of fused-ring (bicyclic) bond motifs is 5. The summed E-state index contributed by atoms with van der Waals surface area (Å²) in [6, 6.07) is 0. The van der Waals surface area contributed by atoms with Gasteiger partial charge in [-0.3, -0.25) is 0 Å². The third-order valence-corrected chi connectivity index (χ3v) is 11.0. The number of ether oxygens (including phenoxy) is 1. The first-order valence-electron chi connectivity index (χ1n) is 13.1. The topological polar surface area (TPSA) is 46.5 Å². The van der Waals surface area contributed by atoms with E-state index in [9.17, 15) is 9.90 Å². The Kier molecular flexibility index (Phi) is 6.65. The first-order valence-corrected chi connectivity index (χ1v) is 13.1. The molecule has 0 bridgehead atoms. The Hall–Kier alpha value is -0.830. The maximum absolute atomic E-state index is 11.7. The van der Waals surface area contributed by atoms with E-state index in [4.69, 9.17) is 4.74 Å². The molecule has 0 aromatic carbocycles. The SMILES string of the molecule is COC(=O)/C(C)=C\CC[C@@H](C)[C@H]1CC[C@H]2[C@@H]3CC[C@@H]4C[C@H](O)CC[C@]4(C)[C@H]3CC[C@]12C. The van der Waals surface area contributed by atoms with Gasteiger partial charge in [0, 0.05) is 5.57 Å². The molecule has 0 radical (unpaired) electrons. The Morgan fingerprint density at radius 3 is 2.52 bits per heavy atom. The van der Waals surface area contributed by atoms with E-state index in [1.165, 1.54) is 58.5 Å². The standard InChI is InChI=1S/C28H46O3/c1-18(7-6-8-19(2)26(30)31-5)23-11-12-24-22-10-9-20-17-21(29)13-15-27(20,3)25(22)14-16-28(23,24)4/h8,18,20-25,29H,6-7,9-17H2,1-5H3/b19-8-/t18-,20-,21-,22+,23-,24+,25+,27+,28-/m1/s1. The molecule has 1 N–H and O–H groups in total. The van der Waals surface area contributed by atoms with Gasteiger partial charge >= 0.3 is 5.97 Å². The van der Waals surface area contributed by atoms with Crippen LogP contribution in [0.15, 0.2) is 11.6 Å². The number of allylic oxidation sites excluding steroid dienone is 1. The first-order chi connectivity index (χ1) is 14.7.